The summed E-state index contributed by atoms with van der Waals surface area (Å²) in [6, 6.07) is 0. The van der Waals surface area contributed by atoms with E-state index in [1.807, 2.05) is 0 Å². The van der Waals surface area contributed by atoms with Crippen molar-refractivity contribution < 1.29 is 28.4 Å². The van der Waals surface area contributed by atoms with Crippen molar-refractivity contribution in [1.82, 2.24) is 5.32 Å². The first-order valence-electron chi connectivity index (χ1n) is 13.0. The third-order valence-corrected chi connectivity index (χ3v) is 6.52. The lowest BCUT2D eigenvalue weighted by molar-refractivity contribution is -0.121. The van der Waals surface area contributed by atoms with Crippen LogP contribution < -0.4 is 5.32 Å². The zero-order valence-electron chi connectivity index (χ0n) is 20.5. The summed E-state index contributed by atoms with van der Waals surface area (Å²) >= 11 is 0. The standard InChI is InChI=1S/C24H50NO6P/c1-2-3-4-5-6-7-8-9-10-11-12-13-16-19-24(27)25-20-17-14-15-18-22-30-32(28,29)31-23-21-26/h26H,2-23H2,1H3,(H,25,27)(H,28,29). The van der Waals surface area contributed by atoms with Gasteiger partial charge in [0.2, 0.25) is 5.91 Å². The number of rotatable bonds is 25. The zero-order chi connectivity index (χ0) is 23.8. The number of aliphatic hydroxyl groups is 1. The van der Waals surface area contributed by atoms with Gasteiger partial charge in [-0.1, -0.05) is 96.8 Å². The molecule has 7 nitrogen and oxygen atoms in total. The minimum atomic E-state index is -4.03. The van der Waals surface area contributed by atoms with Crippen LogP contribution in [-0.4, -0.2) is 42.3 Å². The number of nitrogens with one attached hydrogen (secondary N) is 1. The Morgan fingerprint density at radius 2 is 1.19 bits per heavy atom. The highest BCUT2D eigenvalue weighted by Crippen LogP contribution is 2.42. The number of hydrogen-bond donors (Lipinski definition) is 3. The first-order valence-corrected chi connectivity index (χ1v) is 14.5. The van der Waals surface area contributed by atoms with Crippen molar-refractivity contribution in [2.24, 2.45) is 0 Å². The van der Waals surface area contributed by atoms with E-state index in [4.69, 9.17) is 9.63 Å². The van der Waals surface area contributed by atoms with Crippen LogP contribution in [0, 0.1) is 0 Å². The van der Waals surface area contributed by atoms with Crippen LogP contribution in [-0.2, 0) is 18.4 Å². The number of aliphatic hydroxyl groups excluding tert-OH is 1. The van der Waals surface area contributed by atoms with Crippen LogP contribution in [0.3, 0.4) is 0 Å². The molecule has 0 saturated heterocycles. The molecule has 0 saturated carbocycles. The molecular weight excluding hydrogens is 429 g/mol. The molecule has 0 aliphatic rings. The van der Waals surface area contributed by atoms with E-state index in [-0.39, 0.29) is 25.7 Å². The lowest BCUT2D eigenvalue weighted by atomic mass is 10.0. The Morgan fingerprint density at radius 1 is 0.719 bits per heavy atom. The number of phosphoric acid groups is 1. The van der Waals surface area contributed by atoms with E-state index in [9.17, 15) is 14.3 Å². The Kier molecular flexibility index (Phi) is 23.3. The Balaban J connectivity index is 3.28. The number of hydrogen-bond acceptors (Lipinski definition) is 5. The van der Waals surface area contributed by atoms with Crippen LogP contribution in [0.2, 0.25) is 0 Å². The average molecular weight is 480 g/mol. The largest absolute Gasteiger partial charge is 0.472 e. The van der Waals surface area contributed by atoms with E-state index in [2.05, 4.69) is 16.8 Å². The van der Waals surface area contributed by atoms with E-state index in [1.165, 1.54) is 70.6 Å². The Labute approximate surface area is 196 Å². The predicted molar refractivity (Wildman–Crippen MR) is 131 cm³/mol. The zero-order valence-corrected chi connectivity index (χ0v) is 21.4. The first-order chi connectivity index (χ1) is 15.5. The van der Waals surface area contributed by atoms with Crippen LogP contribution >= 0.6 is 7.82 Å². The number of carbonyl (C=O) groups is 1. The number of unbranched alkanes of at least 4 members (excludes halogenated alkanes) is 15. The normalized spacial score (nSPS) is 13.2. The van der Waals surface area contributed by atoms with Crippen molar-refractivity contribution in [2.45, 2.75) is 122 Å². The fourth-order valence-corrected chi connectivity index (χ4v) is 4.32. The molecule has 0 aromatic heterocycles. The number of carbonyl (C=O) groups excluding carboxylic acids is 1. The molecule has 0 aliphatic heterocycles. The second kappa shape index (κ2) is 23.7. The molecular formula is C24H50NO6P. The predicted octanol–water partition coefficient (Wildman–Crippen LogP) is 6.27. The summed E-state index contributed by atoms with van der Waals surface area (Å²) in [7, 11) is -4.03. The third kappa shape index (κ3) is 24.2. The summed E-state index contributed by atoms with van der Waals surface area (Å²) in [6.07, 6.45) is 21.0. The van der Waals surface area contributed by atoms with Crippen molar-refractivity contribution in [1.29, 1.82) is 0 Å². The van der Waals surface area contributed by atoms with Crippen molar-refractivity contribution in [3.8, 4) is 0 Å². The van der Waals surface area contributed by atoms with Gasteiger partial charge >= 0.3 is 7.82 Å². The molecule has 0 heterocycles. The van der Waals surface area contributed by atoms with Gasteiger partial charge in [-0.3, -0.25) is 13.8 Å². The summed E-state index contributed by atoms with van der Waals surface area (Å²) in [4.78, 5) is 21.1. The van der Waals surface area contributed by atoms with E-state index < -0.39 is 7.82 Å². The van der Waals surface area contributed by atoms with Gasteiger partial charge in [0.1, 0.15) is 0 Å². The molecule has 1 atom stereocenters. The number of amides is 1. The molecule has 32 heavy (non-hydrogen) atoms. The van der Waals surface area contributed by atoms with E-state index >= 15 is 0 Å². The fourth-order valence-electron chi connectivity index (χ4n) is 3.57. The lowest BCUT2D eigenvalue weighted by Gasteiger charge is -2.11. The van der Waals surface area contributed by atoms with Crippen molar-refractivity contribution in [3.05, 3.63) is 0 Å². The molecule has 0 rings (SSSR count). The highest BCUT2D eigenvalue weighted by atomic mass is 31.2. The van der Waals surface area contributed by atoms with Crippen LogP contribution in [0.15, 0.2) is 0 Å². The maximum atomic E-state index is 11.9. The molecule has 0 aliphatic carbocycles. The van der Waals surface area contributed by atoms with E-state index in [0.717, 1.165) is 32.1 Å². The maximum Gasteiger partial charge on any atom is 0.472 e. The molecule has 1 unspecified atom stereocenters. The van der Waals surface area contributed by atoms with Gasteiger partial charge in [-0.25, -0.2) is 4.57 Å². The molecule has 0 spiro atoms. The second-order valence-electron chi connectivity index (χ2n) is 8.62. The second-order valence-corrected chi connectivity index (χ2v) is 10.1. The summed E-state index contributed by atoms with van der Waals surface area (Å²) in [6.45, 7) is 2.54. The molecule has 0 fully saturated rings. The van der Waals surface area contributed by atoms with Crippen LogP contribution in [0.5, 0.6) is 0 Å². The molecule has 0 aromatic rings. The molecule has 0 radical (unpaired) electrons. The van der Waals surface area contributed by atoms with Gasteiger partial charge in [-0.15, -0.1) is 0 Å². The van der Waals surface area contributed by atoms with Crippen molar-refractivity contribution in [2.75, 3.05) is 26.4 Å². The van der Waals surface area contributed by atoms with Gasteiger partial charge in [-0.05, 0) is 19.3 Å². The van der Waals surface area contributed by atoms with E-state index in [0.29, 0.717) is 19.4 Å². The molecule has 1 amide bonds. The summed E-state index contributed by atoms with van der Waals surface area (Å²) in [5, 5.41) is 11.5. The van der Waals surface area contributed by atoms with Crippen LogP contribution in [0.25, 0.3) is 0 Å². The van der Waals surface area contributed by atoms with Crippen LogP contribution in [0.4, 0.5) is 0 Å². The maximum absolute atomic E-state index is 11.9. The Morgan fingerprint density at radius 3 is 1.75 bits per heavy atom. The van der Waals surface area contributed by atoms with E-state index in [1.54, 1.807) is 0 Å². The quantitative estimate of drug-likeness (QED) is 0.105. The van der Waals surface area contributed by atoms with Gasteiger partial charge in [0.25, 0.3) is 0 Å². The van der Waals surface area contributed by atoms with Gasteiger partial charge in [0, 0.05) is 13.0 Å². The highest BCUT2D eigenvalue weighted by Gasteiger charge is 2.19. The lowest BCUT2D eigenvalue weighted by Crippen LogP contribution is -2.23. The minimum Gasteiger partial charge on any atom is -0.394 e. The summed E-state index contributed by atoms with van der Waals surface area (Å²) in [5.74, 6) is 0.138. The SMILES string of the molecule is CCCCCCCCCCCCCCCC(=O)NCCCCCCOP(=O)(O)OCCO. The molecule has 0 bridgehead atoms. The first kappa shape index (κ1) is 31.5. The smallest absolute Gasteiger partial charge is 0.394 e. The third-order valence-electron chi connectivity index (χ3n) is 5.50. The molecule has 3 N–H and O–H groups in total. The van der Waals surface area contributed by atoms with Crippen molar-refractivity contribution >= 4 is 13.7 Å². The fraction of sp³-hybridized carbons (Fsp3) is 0.958. The number of phosphoric ester groups is 1. The highest BCUT2D eigenvalue weighted by molar-refractivity contribution is 7.47. The molecule has 192 valence electrons. The molecule has 0 aromatic carbocycles. The Hall–Kier alpha value is -0.460. The van der Waals surface area contributed by atoms with Gasteiger partial charge < -0.3 is 15.3 Å². The van der Waals surface area contributed by atoms with Gasteiger partial charge in [0.05, 0.1) is 19.8 Å². The monoisotopic (exact) mass is 479 g/mol. The molecule has 8 heteroatoms. The van der Waals surface area contributed by atoms with Crippen molar-refractivity contribution in [3.63, 3.8) is 0 Å². The van der Waals surface area contributed by atoms with Gasteiger partial charge in [-0.2, -0.15) is 0 Å². The minimum absolute atomic E-state index is 0.138. The van der Waals surface area contributed by atoms with Crippen LogP contribution in [0.1, 0.15) is 122 Å². The van der Waals surface area contributed by atoms with Gasteiger partial charge in [0.15, 0.2) is 0 Å². The summed E-state index contributed by atoms with van der Waals surface area (Å²) in [5.41, 5.74) is 0. The topological polar surface area (TPSA) is 105 Å². The average Bonchev–Trinajstić information content (AvgIpc) is 2.77. The summed E-state index contributed by atoms with van der Waals surface area (Å²) < 4.78 is 20.7. The Bertz CT molecular complexity index is 464.